The van der Waals surface area contributed by atoms with Crippen molar-refractivity contribution in [3.8, 4) is 0 Å². The van der Waals surface area contributed by atoms with Crippen LogP contribution in [0, 0.1) is 35.0 Å². The Morgan fingerprint density at radius 1 is 1.13 bits per heavy atom. The minimum atomic E-state index is -1.04. The van der Waals surface area contributed by atoms with E-state index in [4.69, 9.17) is 5.73 Å². The van der Waals surface area contributed by atoms with Gasteiger partial charge in [-0.2, -0.15) is 0 Å². The number of likely N-dealkylation sites (tertiary alicyclic amines) is 1. The summed E-state index contributed by atoms with van der Waals surface area (Å²) < 4.78 is 0. The van der Waals surface area contributed by atoms with E-state index in [2.05, 4.69) is 5.32 Å². The molecule has 0 spiro atoms. The van der Waals surface area contributed by atoms with Crippen LogP contribution in [0.15, 0.2) is 30.3 Å². The summed E-state index contributed by atoms with van der Waals surface area (Å²) in [4.78, 5) is 40.5. The predicted molar refractivity (Wildman–Crippen MR) is 112 cm³/mol. The number of carbonyl (C=O) groups excluding carboxylic acids is 3. The Hall–Kier alpha value is -2.37. The molecule has 7 atom stereocenters. The summed E-state index contributed by atoms with van der Waals surface area (Å²) >= 11 is 0. The van der Waals surface area contributed by atoms with Crippen molar-refractivity contribution in [3.05, 3.63) is 35.9 Å². The van der Waals surface area contributed by atoms with E-state index in [-0.39, 0.29) is 35.6 Å². The largest absolute Gasteiger partial charge is 0.369 e. The van der Waals surface area contributed by atoms with Crippen LogP contribution in [0.5, 0.6) is 0 Å². The first-order valence-electron chi connectivity index (χ1n) is 11.3. The first-order valence-corrected chi connectivity index (χ1v) is 11.3. The predicted octanol–water partition coefficient (Wildman–Crippen LogP) is 2.08. The molecule has 4 saturated carbocycles. The molecule has 1 saturated heterocycles. The lowest BCUT2D eigenvalue weighted by Crippen LogP contribution is -2.63. The van der Waals surface area contributed by atoms with Gasteiger partial charge in [-0.05, 0) is 68.3 Å². The van der Waals surface area contributed by atoms with Gasteiger partial charge in [-0.15, -0.1) is 0 Å². The van der Waals surface area contributed by atoms with Crippen molar-refractivity contribution in [1.82, 2.24) is 10.2 Å². The van der Waals surface area contributed by atoms with E-state index in [9.17, 15) is 14.4 Å². The molecule has 3 N–H and O–H groups in total. The van der Waals surface area contributed by atoms with Crippen molar-refractivity contribution in [3.63, 3.8) is 0 Å². The van der Waals surface area contributed by atoms with Gasteiger partial charge in [-0.1, -0.05) is 30.3 Å². The van der Waals surface area contributed by atoms with Crippen LogP contribution in [0.2, 0.25) is 0 Å². The van der Waals surface area contributed by atoms with Crippen molar-refractivity contribution >= 4 is 17.7 Å². The summed E-state index contributed by atoms with van der Waals surface area (Å²) in [7, 11) is 0. The van der Waals surface area contributed by atoms with Gasteiger partial charge in [0.05, 0.1) is 0 Å². The molecule has 3 amide bonds. The highest BCUT2D eigenvalue weighted by atomic mass is 16.2. The summed E-state index contributed by atoms with van der Waals surface area (Å²) in [5.41, 5.74) is 5.79. The van der Waals surface area contributed by atoms with E-state index in [1.54, 1.807) is 11.8 Å². The smallest absolute Gasteiger partial charge is 0.238 e. The van der Waals surface area contributed by atoms with Crippen molar-refractivity contribution in [2.24, 2.45) is 40.7 Å². The van der Waals surface area contributed by atoms with Crippen molar-refractivity contribution in [2.45, 2.75) is 51.6 Å². The Bertz CT molecular complexity index is 872. The molecule has 1 aliphatic heterocycles. The number of rotatable bonds is 5. The Balaban J connectivity index is 1.30. The van der Waals surface area contributed by atoms with Gasteiger partial charge >= 0.3 is 0 Å². The van der Waals surface area contributed by atoms with E-state index in [1.807, 2.05) is 30.3 Å². The maximum Gasteiger partial charge on any atom is 0.238 e. The molecular weight excluding hydrogens is 378 g/mol. The number of nitrogens with one attached hydrogen (secondary N) is 1. The maximum atomic E-state index is 13.4. The Morgan fingerprint density at radius 2 is 1.87 bits per heavy atom. The first kappa shape index (κ1) is 19.6. The molecule has 30 heavy (non-hydrogen) atoms. The van der Waals surface area contributed by atoms with Crippen LogP contribution < -0.4 is 11.1 Å². The zero-order valence-corrected chi connectivity index (χ0v) is 17.5. The molecule has 0 radical (unpaired) electrons. The molecular formula is C24H31N3O3. The van der Waals surface area contributed by atoms with E-state index in [0.29, 0.717) is 37.3 Å². The van der Waals surface area contributed by atoms with Crippen molar-refractivity contribution < 1.29 is 14.4 Å². The van der Waals surface area contributed by atoms with Crippen LogP contribution in [0.1, 0.15) is 44.6 Å². The van der Waals surface area contributed by atoms with Crippen LogP contribution in [0.25, 0.3) is 0 Å². The summed E-state index contributed by atoms with van der Waals surface area (Å²) in [6, 6.07) is 9.85. The average molecular weight is 410 g/mol. The van der Waals surface area contributed by atoms with Crippen LogP contribution in [0.3, 0.4) is 0 Å². The average Bonchev–Trinajstić information content (AvgIpc) is 3.00. The van der Waals surface area contributed by atoms with E-state index in [0.717, 1.165) is 31.2 Å². The van der Waals surface area contributed by atoms with Gasteiger partial charge in [-0.3, -0.25) is 14.4 Å². The molecule has 5 fully saturated rings. The number of nitrogens with zero attached hydrogens (tertiary/aromatic N) is 1. The summed E-state index contributed by atoms with van der Waals surface area (Å²) in [6.07, 6.45) is 4.68. The molecule has 1 aromatic rings. The lowest BCUT2D eigenvalue weighted by atomic mass is 9.49. The highest BCUT2D eigenvalue weighted by Gasteiger charge is 2.57. The van der Waals surface area contributed by atoms with E-state index in [1.165, 1.54) is 0 Å². The van der Waals surface area contributed by atoms with E-state index >= 15 is 0 Å². The monoisotopic (exact) mass is 409 g/mol. The lowest BCUT2D eigenvalue weighted by Gasteiger charge is -2.57. The third-order valence-electron chi connectivity index (χ3n) is 8.41. The van der Waals surface area contributed by atoms with Crippen molar-refractivity contribution in [1.29, 1.82) is 0 Å². The highest BCUT2D eigenvalue weighted by Crippen LogP contribution is 2.56. The summed E-state index contributed by atoms with van der Waals surface area (Å²) in [5, 5.41) is 3.25. The normalized spacial score (nSPS) is 39.4. The standard InChI is InChI=1S/C24H31N3O3/c1-24(7-8-27(23(24)30)13-14-5-3-2-4-6-14)22(29)26-20-17-10-15-9-16(12-17)19(21(25)28)18(20)11-15/h2-6,15-20H,7-13H2,1H3,(H2,25,28)(H,26,29). The molecule has 1 heterocycles. The Morgan fingerprint density at radius 3 is 2.60 bits per heavy atom. The van der Waals surface area contributed by atoms with Crippen LogP contribution in [-0.4, -0.2) is 35.2 Å². The second-order valence-electron chi connectivity index (χ2n) is 10.2. The molecule has 6 rings (SSSR count). The number of primary amides is 1. The third kappa shape index (κ3) is 3.03. The quantitative estimate of drug-likeness (QED) is 0.729. The Kier molecular flexibility index (Phi) is 4.64. The maximum absolute atomic E-state index is 13.4. The number of nitrogens with two attached hydrogens (primary N) is 1. The van der Waals surface area contributed by atoms with Gasteiger partial charge in [-0.25, -0.2) is 0 Å². The van der Waals surface area contributed by atoms with Gasteiger partial charge in [0, 0.05) is 25.0 Å². The van der Waals surface area contributed by atoms with Gasteiger partial charge in [0.1, 0.15) is 5.41 Å². The Labute approximate surface area is 177 Å². The topological polar surface area (TPSA) is 92.5 Å². The molecule has 6 heteroatoms. The second kappa shape index (κ2) is 7.10. The highest BCUT2D eigenvalue weighted by molar-refractivity contribution is 6.06. The molecule has 6 nitrogen and oxygen atoms in total. The van der Waals surface area contributed by atoms with Crippen molar-refractivity contribution in [2.75, 3.05) is 6.54 Å². The van der Waals surface area contributed by atoms with Crippen LogP contribution in [0.4, 0.5) is 0 Å². The van der Waals surface area contributed by atoms with Gasteiger partial charge in [0.25, 0.3) is 0 Å². The third-order valence-corrected chi connectivity index (χ3v) is 8.41. The summed E-state index contributed by atoms with van der Waals surface area (Å²) in [6.45, 7) is 2.89. The van der Waals surface area contributed by atoms with Crippen LogP contribution in [-0.2, 0) is 20.9 Å². The fraction of sp³-hybridized carbons (Fsp3) is 0.625. The molecule has 160 valence electrons. The first-order chi connectivity index (χ1) is 14.4. The van der Waals surface area contributed by atoms with Gasteiger partial charge < -0.3 is 16.0 Å². The molecule has 5 aliphatic rings. The van der Waals surface area contributed by atoms with E-state index < -0.39 is 5.41 Å². The van der Waals surface area contributed by atoms with Gasteiger partial charge in [0.15, 0.2) is 0 Å². The SMILES string of the molecule is CC1(C(=O)NC2C3CC4CC(C3)C(C(N)=O)C2C4)CCN(Cc2ccccc2)C1=O. The zero-order chi connectivity index (χ0) is 21.0. The molecule has 0 aromatic heterocycles. The zero-order valence-electron chi connectivity index (χ0n) is 17.5. The lowest BCUT2D eigenvalue weighted by molar-refractivity contribution is -0.150. The molecule has 4 bridgehead atoms. The summed E-state index contributed by atoms with van der Waals surface area (Å²) in [5.74, 6) is 0.944. The molecule has 1 aromatic carbocycles. The second-order valence-corrected chi connectivity index (χ2v) is 10.2. The number of hydrogen-bond acceptors (Lipinski definition) is 3. The number of benzene rings is 1. The number of amides is 3. The molecule has 7 unspecified atom stereocenters. The molecule has 4 aliphatic carbocycles. The fourth-order valence-corrected chi connectivity index (χ4v) is 6.97. The number of hydrogen-bond donors (Lipinski definition) is 2. The van der Waals surface area contributed by atoms with Crippen LogP contribution >= 0.6 is 0 Å². The van der Waals surface area contributed by atoms with Gasteiger partial charge in [0.2, 0.25) is 17.7 Å². The minimum absolute atomic E-state index is 0.0319. The number of carbonyl (C=O) groups is 3. The minimum Gasteiger partial charge on any atom is -0.369 e. The fourth-order valence-electron chi connectivity index (χ4n) is 6.97.